The van der Waals surface area contributed by atoms with Crippen molar-refractivity contribution in [3.05, 3.63) is 43.8 Å². The van der Waals surface area contributed by atoms with Crippen molar-refractivity contribution in [2.45, 2.75) is 53.6 Å². The van der Waals surface area contributed by atoms with Gasteiger partial charge in [-0.1, -0.05) is 26.8 Å². The highest BCUT2D eigenvalue weighted by atomic mass is 32.1. The minimum Gasteiger partial charge on any atom is -0.474 e. The fraction of sp³-hybridized carbons (Fsp3) is 0.417. The van der Waals surface area contributed by atoms with E-state index in [9.17, 15) is 14.9 Å². The molecule has 9 heteroatoms. The quantitative estimate of drug-likeness (QED) is 0.703. The molecule has 2 aromatic rings. The normalized spacial score (nSPS) is 16.5. The summed E-state index contributed by atoms with van der Waals surface area (Å²) < 4.78 is 8.15. The Morgan fingerprint density at radius 2 is 2.06 bits per heavy atom. The summed E-state index contributed by atoms with van der Waals surface area (Å²) in [6.45, 7) is 12.1. The number of rotatable bonds is 5. The molecule has 0 spiro atoms. The Morgan fingerprint density at radius 1 is 1.36 bits per heavy atom. The number of hydrogen-bond acceptors (Lipinski definition) is 7. The number of thiazole rings is 1. The van der Waals surface area contributed by atoms with Gasteiger partial charge in [-0.3, -0.25) is 14.2 Å². The number of ether oxygens (including phenoxy) is 1. The van der Waals surface area contributed by atoms with Crippen LogP contribution in [0.4, 0.5) is 11.4 Å². The average molecular weight is 468 g/mol. The van der Waals surface area contributed by atoms with Gasteiger partial charge in [-0.25, -0.2) is 4.99 Å². The Labute approximate surface area is 196 Å². The second kappa shape index (κ2) is 9.24. The van der Waals surface area contributed by atoms with E-state index in [-0.39, 0.29) is 22.9 Å². The molecule has 0 unspecified atom stereocenters. The lowest BCUT2D eigenvalue weighted by Gasteiger charge is -2.18. The lowest BCUT2D eigenvalue weighted by Crippen LogP contribution is -2.32. The van der Waals surface area contributed by atoms with Gasteiger partial charge < -0.3 is 15.4 Å². The molecule has 1 amide bonds. The zero-order valence-electron chi connectivity index (χ0n) is 19.8. The number of carbonyl (C=O) groups is 1. The first-order chi connectivity index (χ1) is 15.4. The molecule has 2 N–H and O–H groups in total. The Kier molecular flexibility index (Phi) is 6.79. The van der Waals surface area contributed by atoms with Crippen LogP contribution in [-0.4, -0.2) is 28.5 Å². The molecule has 0 atom stereocenters. The van der Waals surface area contributed by atoms with Crippen molar-refractivity contribution in [2.24, 2.45) is 10.4 Å². The monoisotopic (exact) mass is 467 g/mol. The fourth-order valence-corrected chi connectivity index (χ4v) is 4.13. The van der Waals surface area contributed by atoms with Gasteiger partial charge in [0.05, 0.1) is 5.54 Å². The molecule has 0 saturated heterocycles. The van der Waals surface area contributed by atoms with Crippen LogP contribution in [-0.2, 0) is 16.1 Å². The number of carbonyl (C=O) groups excluding carboxylic acids is 1. The molecule has 33 heavy (non-hydrogen) atoms. The van der Waals surface area contributed by atoms with Gasteiger partial charge >= 0.3 is 0 Å². The Hall–Kier alpha value is -3.38. The number of hydrogen-bond donors (Lipinski definition) is 2. The highest BCUT2D eigenvalue weighted by Gasteiger charge is 2.29. The van der Waals surface area contributed by atoms with E-state index in [1.165, 1.54) is 11.3 Å². The van der Waals surface area contributed by atoms with Crippen LogP contribution in [0.1, 0.15) is 41.5 Å². The largest absolute Gasteiger partial charge is 0.474 e. The molecule has 0 fully saturated rings. The number of aromatic nitrogens is 1. The van der Waals surface area contributed by atoms with Gasteiger partial charge in [-0.2, -0.15) is 5.26 Å². The molecule has 1 aromatic heterocycles. The molecule has 2 heterocycles. The van der Waals surface area contributed by atoms with Crippen LogP contribution in [0.2, 0.25) is 0 Å². The number of nitrogens with one attached hydrogen (secondary N) is 2. The summed E-state index contributed by atoms with van der Waals surface area (Å²) in [6.07, 6.45) is 1.61. The van der Waals surface area contributed by atoms with E-state index < -0.39 is 11.0 Å². The standard InChI is InChI=1S/C24H29N5O3S/c1-7-29-20(30)18(33-21(29)17(12-25)19-28-24(5,6)14-32-19)13-26-15-9-8-10-16(11-15)27-22(31)23(2,3)4/h8-11,13,26H,7,14H2,1-6H3,(H,27,31). The third-order valence-corrected chi connectivity index (χ3v) is 6.03. The van der Waals surface area contributed by atoms with Gasteiger partial charge in [0.25, 0.3) is 5.56 Å². The van der Waals surface area contributed by atoms with Gasteiger partial charge in [0.2, 0.25) is 11.8 Å². The molecule has 0 aliphatic carbocycles. The summed E-state index contributed by atoms with van der Waals surface area (Å²) in [5.41, 5.74) is 0.518. The Balaban J connectivity index is 1.98. The summed E-state index contributed by atoms with van der Waals surface area (Å²) in [5, 5.41) is 15.8. The predicted octanol–water partition coefficient (Wildman–Crippen LogP) is 2.65. The van der Waals surface area contributed by atoms with E-state index in [1.807, 2.05) is 53.7 Å². The first kappa shape index (κ1) is 24.3. The first-order valence-corrected chi connectivity index (χ1v) is 11.5. The second-order valence-corrected chi connectivity index (χ2v) is 10.4. The van der Waals surface area contributed by atoms with Crippen LogP contribution in [0, 0.1) is 16.7 Å². The molecule has 8 nitrogen and oxygen atoms in total. The molecule has 0 bridgehead atoms. The number of aliphatic imine (C=N–C) groups is 1. The van der Waals surface area contributed by atoms with E-state index in [0.29, 0.717) is 33.7 Å². The van der Waals surface area contributed by atoms with Crippen LogP contribution < -0.4 is 25.4 Å². The van der Waals surface area contributed by atoms with Crippen molar-refractivity contribution in [1.82, 2.24) is 4.57 Å². The van der Waals surface area contributed by atoms with E-state index in [0.717, 1.165) is 0 Å². The van der Waals surface area contributed by atoms with Crippen LogP contribution >= 0.6 is 11.3 Å². The van der Waals surface area contributed by atoms with Gasteiger partial charge in [-0.15, -0.1) is 11.3 Å². The average Bonchev–Trinajstić information content (AvgIpc) is 3.25. The Morgan fingerprint density at radius 3 is 2.64 bits per heavy atom. The van der Waals surface area contributed by atoms with Gasteiger partial charge in [-0.05, 0) is 39.0 Å². The lowest BCUT2D eigenvalue weighted by atomic mass is 9.95. The zero-order valence-corrected chi connectivity index (χ0v) is 20.6. The summed E-state index contributed by atoms with van der Waals surface area (Å²) in [5.74, 6) is 0.185. The minimum atomic E-state index is -0.508. The van der Waals surface area contributed by atoms with Crippen molar-refractivity contribution < 1.29 is 9.53 Å². The van der Waals surface area contributed by atoms with E-state index in [4.69, 9.17) is 4.74 Å². The zero-order chi connectivity index (χ0) is 24.4. The fourth-order valence-electron chi connectivity index (χ4n) is 3.05. The molecule has 0 saturated carbocycles. The number of benzene rings is 1. The number of anilines is 2. The number of nitriles is 1. The SMILES string of the molecule is CCn1c(=C(C#N)C2=NC(C)(C)CO2)sc(=CNc2cccc(NC(=O)C(C)(C)C)c2)c1=O. The van der Waals surface area contributed by atoms with Crippen molar-refractivity contribution in [3.8, 4) is 6.07 Å². The molecule has 1 aromatic carbocycles. The summed E-state index contributed by atoms with van der Waals surface area (Å²) in [6, 6.07) is 9.42. The third kappa shape index (κ3) is 5.52. The highest BCUT2D eigenvalue weighted by molar-refractivity contribution is 7.07. The molecule has 1 aliphatic rings. The number of amides is 1. The molecule has 0 radical (unpaired) electrons. The van der Waals surface area contributed by atoms with Gasteiger partial charge in [0.1, 0.15) is 27.4 Å². The molecule has 1 aliphatic heterocycles. The van der Waals surface area contributed by atoms with Crippen LogP contribution in [0.3, 0.4) is 0 Å². The molecular formula is C24H29N5O3S. The second-order valence-electron chi connectivity index (χ2n) is 9.40. The number of nitrogens with zero attached hydrogens (tertiary/aromatic N) is 3. The molecule has 174 valence electrons. The maximum Gasteiger partial charge on any atom is 0.270 e. The third-order valence-electron chi connectivity index (χ3n) is 4.90. The predicted molar refractivity (Wildman–Crippen MR) is 133 cm³/mol. The van der Waals surface area contributed by atoms with E-state index >= 15 is 0 Å². The van der Waals surface area contributed by atoms with Crippen LogP contribution in [0.25, 0.3) is 11.8 Å². The first-order valence-electron chi connectivity index (χ1n) is 10.7. The van der Waals surface area contributed by atoms with Gasteiger partial charge in [0.15, 0.2) is 0 Å². The van der Waals surface area contributed by atoms with Crippen molar-refractivity contribution in [2.75, 3.05) is 17.2 Å². The topological polar surface area (TPSA) is 109 Å². The smallest absolute Gasteiger partial charge is 0.270 e. The van der Waals surface area contributed by atoms with Crippen molar-refractivity contribution in [3.63, 3.8) is 0 Å². The van der Waals surface area contributed by atoms with Gasteiger partial charge in [0, 0.05) is 29.5 Å². The maximum atomic E-state index is 13.0. The highest BCUT2D eigenvalue weighted by Crippen LogP contribution is 2.21. The van der Waals surface area contributed by atoms with E-state index in [2.05, 4.69) is 21.7 Å². The Bertz CT molecular complexity index is 1320. The van der Waals surface area contributed by atoms with Crippen molar-refractivity contribution >= 4 is 46.3 Å². The molecule has 3 rings (SSSR count). The minimum absolute atomic E-state index is 0.0860. The molecular weight excluding hydrogens is 438 g/mol. The van der Waals surface area contributed by atoms with Crippen molar-refractivity contribution in [1.29, 1.82) is 5.26 Å². The summed E-state index contributed by atoms with van der Waals surface area (Å²) in [7, 11) is 0. The van der Waals surface area contributed by atoms with E-state index in [1.54, 1.807) is 22.9 Å². The maximum absolute atomic E-state index is 13.0. The summed E-state index contributed by atoms with van der Waals surface area (Å²) >= 11 is 1.21. The summed E-state index contributed by atoms with van der Waals surface area (Å²) in [4.78, 5) is 29.7. The van der Waals surface area contributed by atoms with Crippen LogP contribution in [0.15, 0.2) is 34.1 Å². The van der Waals surface area contributed by atoms with Crippen LogP contribution in [0.5, 0.6) is 0 Å². The lowest BCUT2D eigenvalue weighted by molar-refractivity contribution is -0.123.